The second-order valence-corrected chi connectivity index (χ2v) is 10.8. The molecule has 1 saturated carbocycles. The summed E-state index contributed by atoms with van der Waals surface area (Å²) < 4.78 is 30.1. The molecule has 0 spiro atoms. The first-order chi connectivity index (χ1) is 17.1. The number of allylic oxidation sites excluding steroid dienone is 1. The van der Waals surface area contributed by atoms with Crippen molar-refractivity contribution in [1.82, 2.24) is 0 Å². The lowest BCUT2D eigenvalue weighted by atomic mass is 9.89. The first-order valence-corrected chi connectivity index (χ1v) is 14.2. The molecular weight excluding hydrogens is 444 g/mol. The van der Waals surface area contributed by atoms with Crippen LogP contribution in [0.2, 0.25) is 0 Å². The van der Waals surface area contributed by atoms with Gasteiger partial charge in [0.2, 0.25) is 0 Å². The zero-order valence-electron chi connectivity index (χ0n) is 21.8. The van der Waals surface area contributed by atoms with E-state index in [1.165, 1.54) is 44.6 Å². The quantitative estimate of drug-likeness (QED) is 0.187. The number of hydrogen-bond acceptors (Lipinski definition) is 6. The van der Waals surface area contributed by atoms with Gasteiger partial charge in [-0.3, -0.25) is 4.79 Å². The van der Waals surface area contributed by atoms with Crippen LogP contribution in [0.5, 0.6) is 0 Å². The minimum atomic E-state index is -0.216. The smallest absolute Gasteiger partial charge is 0.302 e. The molecule has 2 saturated heterocycles. The van der Waals surface area contributed by atoms with Crippen LogP contribution in [0.4, 0.5) is 0 Å². The monoisotopic (exact) mass is 490 g/mol. The highest BCUT2D eigenvalue weighted by Gasteiger charge is 2.45. The third-order valence-electron chi connectivity index (χ3n) is 7.96. The Bertz CT molecular complexity index is 706. The van der Waals surface area contributed by atoms with Gasteiger partial charge in [0.25, 0.3) is 0 Å². The van der Waals surface area contributed by atoms with Crippen LogP contribution in [-0.2, 0) is 28.5 Å². The molecule has 7 atom stereocenters. The molecule has 2 aliphatic carbocycles. The molecule has 2 unspecified atom stereocenters. The largest absolute Gasteiger partial charge is 0.461 e. The molecule has 2 heterocycles. The van der Waals surface area contributed by atoms with E-state index in [1.807, 2.05) is 0 Å². The number of fused-ring (bicyclic) bond motifs is 1. The Morgan fingerprint density at radius 1 is 1.11 bits per heavy atom. The van der Waals surface area contributed by atoms with Gasteiger partial charge in [-0.05, 0) is 75.2 Å². The van der Waals surface area contributed by atoms with Crippen molar-refractivity contribution in [3.05, 3.63) is 23.8 Å². The van der Waals surface area contributed by atoms with Gasteiger partial charge in [-0.15, -0.1) is 0 Å². The average Bonchev–Trinajstić information content (AvgIpc) is 3.40. The minimum absolute atomic E-state index is 0.0742. The van der Waals surface area contributed by atoms with Gasteiger partial charge in [-0.1, -0.05) is 44.4 Å². The van der Waals surface area contributed by atoms with Gasteiger partial charge >= 0.3 is 5.97 Å². The van der Waals surface area contributed by atoms with Crippen LogP contribution in [0.25, 0.3) is 0 Å². The maximum absolute atomic E-state index is 11.3. The van der Waals surface area contributed by atoms with E-state index in [9.17, 15) is 4.79 Å². The van der Waals surface area contributed by atoms with Crippen LogP contribution in [0, 0.1) is 17.8 Å². The molecular formula is C29H46O6. The average molecular weight is 491 g/mol. The number of rotatable bonds is 12. The van der Waals surface area contributed by atoms with Crippen molar-refractivity contribution in [2.45, 2.75) is 116 Å². The van der Waals surface area contributed by atoms with E-state index >= 15 is 0 Å². The molecule has 0 bridgehead atoms. The second kappa shape index (κ2) is 13.9. The maximum atomic E-state index is 11.3. The zero-order chi connectivity index (χ0) is 24.5. The van der Waals surface area contributed by atoms with Gasteiger partial charge in [-0.25, -0.2) is 0 Å². The SMILES string of the molecule is CCCCC[C@@H](C=C[C@H]1[C@@H]2CC(COC(C)=O)=C[C@H]2C[C@H]1OC1CCCCO1)OC1CCCCO1. The molecule has 3 fully saturated rings. The first-order valence-electron chi connectivity index (χ1n) is 14.2. The fourth-order valence-corrected chi connectivity index (χ4v) is 6.11. The van der Waals surface area contributed by atoms with Crippen LogP contribution >= 0.6 is 0 Å². The molecule has 0 amide bonds. The summed E-state index contributed by atoms with van der Waals surface area (Å²) in [6.45, 7) is 5.73. The summed E-state index contributed by atoms with van der Waals surface area (Å²) in [5.74, 6) is 1.03. The van der Waals surface area contributed by atoms with Crippen molar-refractivity contribution in [2.75, 3.05) is 19.8 Å². The summed E-state index contributed by atoms with van der Waals surface area (Å²) in [5, 5.41) is 0. The third-order valence-corrected chi connectivity index (χ3v) is 7.96. The van der Waals surface area contributed by atoms with Crippen LogP contribution in [0.3, 0.4) is 0 Å². The van der Waals surface area contributed by atoms with Gasteiger partial charge in [0, 0.05) is 26.1 Å². The third kappa shape index (κ3) is 8.14. The number of ether oxygens (including phenoxy) is 5. The zero-order valence-corrected chi connectivity index (χ0v) is 21.8. The predicted molar refractivity (Wildman–Crippen MR) is 135 cm³/mol. The van der Waals surface area contributed by atoms with Crippen LogP contribution in [-0.4, -0.2) is 50.6 Å². The molecule has 0 radical (unpaired) electrons. The fraction of sp³-hybridized carbons (Fsp3) is 0.828. The Hall–Kier alpha value is -1.21. The standard InChI is InChI=1S/C29H46O6/c1-3-4-5-10-24(34-28-11-6-8-15-31-28)13-14-25-26-18-22(20-33-21(2)30)17-23(26)19-27(25)35-29-12-7-9-16-32-29/h13-14,17,23-29H,3-12,15-16,18-20H2,1-2H3/t23-,24-,25-,26+,27+,28?,29?/m0/s1. The Morgan fingerprint density at radius 3 is 2.57 bits per heavy atom. The van der Waals surface area contributed by atoms with E-state index in [2.05, 4.69) is 25.2 Å². The summed E-state index contributed by atoms with van der Waals surface area (Å²) in [6.07, 6.45) is 20.2. The van der Waals surface area contributed by atoms with Crippen molar-refractivity contribution in [3.8, 4) is 0 Å². The lowest BCUT2D eigenvalue weighted by molar-refractivity contribution is -0.193. The molecule has 198 valence electrons. The predicted octanol–water partition coefficient (Wildman–Crippen LogP) is 6.09. The number of unbranched alkanes of at least 4 members (excludes halogenated alkanes) is 2. The molecule has 4 aliphatic rings. The van der Waals surface area contributed by atoms with E-state index in [1.54, 1.807) is 0 Å². The van der Waals surface area contributed by atoms with E-state index < -0.39 is 0 Å². The van der Waals surface area contributed by atoms with Gasteiger partial charge in [0.1, 0.15) is 6.61 Å². The molecule has 0 aromatic carbocycles. The van der Waals surface area contributed by atoms with Gasteiger partial charge in [0.05, 0.1) is 12.2 Å². The second-order valence-electron chi connectivity index (χ2n) is 10.8. The van der Waals surface area contributed by atoms with E-state index in [-0.39, 0.29) is 30.8 Å². The fourth-order valence-electron chi connectivity index (χ4n) is 6.11. The highest BCUT2D eigenvalue weighted by molar-refractivity contribution is 5.66. The number of esters is 1. The van der Waals surface area contributed by atoms with Gasteiger partial charge < -0.3 is 23.7 Å². The Balaban J connectivity index is 1.43. The van der Waals surface area contributed by atoms with Gasteiger partial charge in [-0.2, -0.15) is 0 Å². The van der Waals surface area contributed by atoms with E-state index in [0.29, 0.717) is 24.4 Å². The van der Waals surface area contributed by atoms with Gasteiger partial charge in [0.15, 0.2) is 12.6 Å². The number of hydrogen-bond donors (Lipinski definition) is 0. The van der Waals surface area contributed by atoms with E-state index in [0.717, 1.165) is 58.2 Å². The van der Waals surface area contributed by atoms with Crippen LogP contribution in [0.15, 0.2) is 23.8 Å². The van der Waals surface area contributed by atoms with Crippen LogP contribution < -0.4 is 0 Å². The van der Waals surface area contributed by atoms with E-state index in [4.69, 9.17) is 23.7 Å². The first kappa shape index (κ1) is 26.8. The van der Waals surface area contributed by atoms with Crippen molar-refractivity contribution >= 4 is 5.97 Å². The molecule has 6 heteroatoms. The summed E-state index contributed by atoms with van der Waals surface area (Å²) in [5.41, 5.74) is 1.24. The summed E-state index contributed by atoms with van der Waals surface area (Å²) >= 11 is 0. The van der Waals surface area contributed by atoms with Crippen molar-refractivity contribution in [2.24, 2.45) is 17.8 Å². The Labute approximate surface area is 211 Å². The maximum Gasteiger partial charge on any atom is 0.302 e. The molecule has 0 N–H and O–H groups in total. The van der Waals surface area contributed by atoms with Crippen molar-refractivity contribution in [3.63, 3.8) is 0 Å². The molecule has 0 aromatic heterocycles. The highest BCUT2D eigenvalue weighted by Crippen LogP contribution is 2.49. The molecule has 2 aliphatic heterocycles. The normalized spacial score (nSPS) is 34.1. The van der Waals surface area contributed by atoms with Crippen molar-refractivity contribution in [1.29, 1.82) is 0 Å². The minimum Gasteiger partial charge on any atom is -0.461 e. The highest BCUT2D eigenvalue weighted by atomic mass is 16.7. The number of carbonyl (C=O) groups excluding carboxylic acids is 1. The Morgan fingerprint density at radius 2 is 1.89 bits per heavy atom. The molecule has 35 heavy (non-hydrogen) atoms. The lowest BCUT2D eigenvalue weighted by Crippen LogP contribution is -2.31. The molecule has 6 nitrogen and oxygen atoms in total. The topological polar surface area (TPSA) is 63.2 Å². The summed E-state index contributed by atoms with van der Waals surface area (Å²) in [4.78, 5) is 11.3. The van der Waals surface area contributed by atoms with Crippen LogP contribution in [0.1, 0.15) is 90.9 Å². The summed E-state index contributed by atoms with van der Waals surface area (Å²) in [7, 11) is 0. The molecule has 4 rings (SSSR count). The number of carbonyl (C=O) groups is 1. The van der Waals surface area contributed by atoms with Crippen molar-refractivity contribution < 1.29 is 28.5 Å². The summed E-state index contributed by atoms with van der Waals surface area (Å²) in [6, 6.07) is 0. The molecule has 0 aromatic rings. The lowest BCUT2D eigenvalue weighted by Gasteiger charge is -2.30. The Kier molecular flexibility index (Phi) is 10.7.